The Morgan fingerprint density at radius 3 is 2.85 bits per heavy atom. The first-order chi connectivity index (χ1) is 9.50. The lowest BCUT2D eigenvalue weighted by Gasteiger charge is -2.06. The zero-order valence-corrected chi connectivity index (χ0v) is 12.5. The van der Waals surface area contributed by atoms with Crippen LogP contribution in [0.5, 0.6) is 0 Å². The van der Waals surface area contributed by atoms with E-state index in [1.165, 1.54) is 17.4 Å². The van der Waals surface area contributed by atoms with Crippen LogP contribution in [-0.2, 0) is 0 Å². The smallest absolute Gasteiger partial charge is 0.263 e. The van der Waals surface area contributed by atoms with Gasteiger partial charge in [0.05, 0.1) is 11.1 Å². The van der Waals surface area contributed by atoms with E-state index in [0.29, 0.717) is 27.4 Å². The van der Waals surface area contributed by atoms with E-state index >= 15 is 0 Å². The molecule has 108 valence electrons. The molecule has 0 atom stereocenters. The number of rotatable bonds is 5. The molecule has 0 saturated carbocycles. The SMILES string of the molecule is CC(C)CCCNC(=O)c1sc2cccc(F)c2c1N. The van der Waals surface area contributed by atoms with E-state index in [9.17, 15) is 9.18 Å². The highest BCUT2D eigenvalue weighted by molar-refractivity contribution is 7.21. The first-order valence-electron chi connectivity index (χ1n) is 6.75. The van der Waals surface area contributed by atoms with Gasteiger partial charge in [-0.3, -0.25) is 4.79 Å². The highest BCUT2D eigenvalue weighted by Gasteiger charge is 2.18. The molecule has 0 saturated heterocycles. The van der Waals surface area contributed by atoms with Crippen molar-refractivity contribution in [1.82, 2.24) is 5.32 Å². The Labute approximate surface area is 122 Å². The molecule has 0 aliphatic rings. The number of carbonyl (C=O) groups is 1. The maximum Gasteiger partial charge on any atom is 0.263 e. The summed E-state index contributed by atoms with van der Waals surface area (Å²) in [6.45, 7) is 4.91. The molecule has 0 bridgehead atoms. The lowest BCUT2D eigenvalue weighted by molar-refractivity contribution is 0.0957. The van der Waals surface area contributed by atoms with Crippen LogP contribution >= 0.6 is 11.3 Å². The Balaban J connectivity index is 2.11. The van der Waals surface area contributed by atoms with Gasteiger partial charge in [-0.25, -0.2) is 4.39 Å². The van der Waals surface area contributed by atoms with Gasteiger partial charge in [0.2, 0.25) is 0 Å². The summed E-state index contributed by atoms with van der Waals surface area (Å²) in [6.07, 6.45) is 2.00. The zero-order valence-electron chi connectivity index (χ0n) is 11.7. The second-order valence-corrected chi connectivity index (χ2v) is 6.30. The Kier molecular flexibility index (Phi) is 4.60. The number of anilines is 1. The molecule has 1 heterocycles. The first kappa shape index (κ1) is 14.8. The van der Waals surface area contributed by atoms with Crippen molar-refractivity contribution in [3.05, 3.63) is 28.9 Å². The van der Waals surface area contributed by atoms with Gasteiger partial charge in [0.15, 0.2) is 0 Å². The van der Waals surface area contributed by atoms with E-state index in [1.54, 1.807) is 12.1 Å². The van der Waals surface area contributed by atoms with Crippen molar-refractivity contribution >= 4 is 33.0 Å². The van der Waals surface area contributed by atoms with Crippen LogP contribution in [-0.4, -0.2) is 12.5 Å². The van der Waals surface area contributed by atoms with Crippen molar-refractivity contribution in [3.63, 3.8) is 0 Å². The van der Waals surface area contributed by atoms with Gasteiger partial charge >= 0.3 is 0 Å². The predicted molar refractivity (Wildman–Crippen MR) is 82.6 cm³/mol. The van der Waals surface area contributed by atoms with E-state index in [4.69, 9.17) is 5.73 Å². The predicted octanol–water partition coefficient (Wildman–Crippen LogP) is 3.79. The average Bonchev–Trinajstić information content (AvgIpc) is 2.73. The van der Waals surface area contributed by atoms with Crippen molar-refractivity contribution in [3.8, 4) is 0 Å². The topological polar surface area (TPSA) is 55.1 Å². The van der Waals surface area contributed by atoms with Crippen LogP contribution in [0.25, 0.3) is 10.1 Å². The van der Waals surface area contributed by atoms with Crippen molar-refractivity contribution in [1.29, 1.82) is 0 Å². The molecule has 2 aromatic rings. The van der Waals surface area contributed by atoms with E-state index in [2.05, 4.69) is 19.2 Å². The number of benzene rings is 1. The first-order valence-corrected chi connectivity index (χ1v) is 7.57. The molecule has 1 aromatic carbocycles. The van der Waals surface area contributed by atoms with Crippen LogP contribution in [0.2, 0.25) is 0 Å². The minimum Gasteiger partial charge on any atom is -0.397 e. The van der Waals surface area contributed by atoms with Crippen LogP contribution in [0, 0.1) is 11.7 Å². The van der Waals surface area contributed by atoms with Gasteiger partial charge in [0, 0.05) is 11.2 Å². The van der Waals surface area contributed by atoms with Gasteiger partial charge in [-0.15, -0.1) is 11.3 Å². The van der Waals surface area contributed by atoms with Gasteiger partial charge in [-0.1, -0.05) is 19.9 Å². The Morgan fingerprint density at radius 1 is 1.45 bits per heavy atom. The molecule has 1 aromatic heterocycles. The summed E-state index contributed by atoms with van der Waals surface area (Å²) in [6, 6.07) is 4.75. The number of nitrogens with one attached hydrogen (secondary N) is 1. The molecule has 0 fully saturated rings. The molecule has 2 rings (SSSR count). The molecule has 1 amide bonds. The number of amides is 1. The van der Waals surface area contributed by atoms with E-state index in [0.717, 1.165) is 12.8 Å². The Bertz CT molecular complexity index is 622. The second kappa shape index (κ2) is 6.22. The number of carbonyl (C=O) groups excluding carboxylic acids is 1. The quantitative estimate of drug-likeness (QED) is 0.824. The van der Waals surface area contributed by atoms with Gasteiger partial charge < -0.3 is 11.1 Å². The highest BCUT2D eigenvalue weighted by Crippen LogP contribution is 2.35. The fraction of sp³-hybridized carbons (Fsp3) is 0.400. The number of nitrogen functional groups attached to an aromatic ring is 1. The normalized spacial score (nSPS) is 11.2. The highest BCUT2D eigenvalue weighted by atomic mass is 32.1. The zero-order chi connectivity index (χ0) is 14.7. The van der Waals surface area contributed by atoms with Gasteiger partial charge in [-0.05, 0) is 30.9 Å². The summed E-state index contributed by atoms with van der Waals surface area (Å²) in [5.74, 6) is 0.0253. The summed E-state index contributed by atoms with van der Waals surface area (Å²) in [7, 11) is 0. The third-order valence-electron chi connectivity index (χ3n) is 3.15. The molecule has 20 heavy (non-hydrogen) atoms. The standard InChI is InChI=1S/C15H19FN2OS/c1-9(2)5-4-8-18-15(19)14-13(17)12-10(16)6-3-7-11(12)20-14/h3,6-7,9H,4-5,8,17H2,1-2H3,(H,18,19). The van der Waals surface area contributed by atoms with Crippen molar-refractivity contribution in [2.24, 2.45) is 5.92 Å². The molecule has 0 spiro atoms. The van der Waals surface area contributed by atoms with E-state index in [1.807, 2.05) is 0 Å². The Morgan fingerprint density at radius 2 is 2.20 bits per heavy atom. The third kappa shape index (κ3) is 3.10. The van der Waals surface area contributed by atoms with Crippen molar-refractivity contribution in [2.45, 2.75) is 26.7 Å². The van der Waals surface area contributed by atoms with E-state index < -0.39 is 0 Å². The molecule has 0 radical (unpaired) electrons. The summed E-state index contributed by atoms with van der Waals surface area (Å²) in [4.78, 5) is 12.5. The fourth-order valence-corrected chi connectivity index (χ4v) is 3.14. The van der Waals surface area contributed by atoms with Gasteiger partial charge in [0.1, 0.15) is 10.7 Å². The molecule has 3 N–H and O–H groups in total. The third-order valence-corrected chi connectivity index (χ3v) is 4.32. The largest absolute Gasteiger partial charge is 0.397 e. The number of halogens is 1. The summed E-state index contributed by atoms with van der Waals surface area (Å²) >= 11 is 1.23. The summed E-state index contributed by atoms with van der Waals surface area (Å²) in [5.41, 5.74) is 6.14. The van der Waals surface area contributed by atoms with Crippen LogP contribution in [0.3, 0.4) is 0 Å². The van der Waals surface area contributed by atoms with Crippen LogP contribution < -0.4 is 11.1 Å². The maximum atomic E-state index is 13.7. The number of nitrogens with two attached hydrogens (primary N) is 1. The fourth-order valence-electron chi connectivity index (χ4n) is 2.09. The lowest BCUT2D eigenvalue weighted by Crippen LogP contribution is -2.24. The maximum absolute atomic E-state index is 13.7. The minimum atomic E-state index is -0.380. The lowest BCUT2D eigenvalue weighted by atomic mass is 10.1. The Hall–Kier alpha value is -1.62. The minimum absolute atomic E-state index is 0.216. The molecular formula is C15H19FN2OS. The van der Waals surface area contributed by atoms with Gasteiger partial charge in [0.25, 0.3) is 5.91 Å². The van der Waals surface area contributed by atoms with Crippen LogP contribution in [0.4, 0.5) is 10.1 Å². The number of hydrogen-bond acceptors (Lipinski definition) is 3. The van der Waals surface area contributed by atoms with Gasteiger partial charge in [-0.2, -0.15) is 0 Å². The molecular weight excluding hydrogens is 275 g/mol. The number of hydrogen-bond donors (Lipinski definition) is 2. The van der Waals surface area contributed by atoms with Crippen molar-refractivity contribution in [2.75, 3.05) is 12.3 Å². The molecule has 5 heteroatoms. The van der Waals surface area contributed by atoms with Crippen LogP contribution in [0.1, 0.15) is 36.4 Å². The summed E-state index contributed by atoms with van der Waals surface area (Å²) in [5, 5.41) is 3.20. The molecule has 0 unspecified atom stereocenters. The monoisotopic (exact) mass is 294 g/mol. The summed E-state index contributed by atoms with van der Waals surface area (Å²) < 4.78 is 14.4. The average molecular weight is 294 g/mol. The van der Waals surface area contributed by atoms with Crippen LogP contribution in [0.15, 0.2) is 18.2 Å². The molecule has 0 aliphatic carbocycles. The second-order valence-electron chi connectivity index (χ2n) is 5.25. The van der Waals surface area contributed by atoms with Crippen molar-refractivity contribution < 1.29 is 9.18 Å². The molecule has 0 aliphatic heterocycles. The molecule has 3 nitrogen and oxygen atoms in total. The van der Waals surface area contributed by atoms with E-state index in [-0.39, 0.29) is 17.4 Å². The number of fused-ring (bicyclic) bond motifs is 1. The number of thiophene rings is 1.